The Morgan fingerprint density at radius 3 is 2.67 bits per heavy atom. The smallest absolute Gasteiger partial charge is 0.335 e. The number of nitrogens with zero attached hydrogens (tertiary/aromatic N) is 2. The number of halogens is 2. The number of hydrogen-bond acceptors (Lipinski definition) is 5. The maximum atomic E-state index is 13.9. The van der Waals surface area contributed by atoms with E-state index < -0.39 is 12.1 Å². The van der Waals surface area contributed by atoms with Crippen LogP contribution in [0.2, 0.25) is 5.02 Å². The number of rotatable bonds is 8. The fourth-order valence-electron chi connectivity index (χ4n) is 2.68. The van der Waals surface area contributed by atoms with Crippen molar-refractivity contribution in [2.75, 3.05) is 39.4 Å². The largest absolute Gasteiger partial charge is 0.454 e. The van der Waals surface area contributed by atoms with Crippen LogP contribution in [0.15, 0.2) is 30.9 Å². The summed E-state index contributed by atoms with van der Waals surface area (Å²) in [7, 11) is 0. The molecule has 1 aliphatic rings. The van der Waals surface area contributed by atoms with Crippen molar-refractivity contribution in [1.82, 2.24) is 9.80 Å². The van der Waals surface area contributed by atoms with E-state index in [9.17, 15) is 14.0 Å². The number of esters is 1. The summed E-state index contributed by atoms with van der Waals surface area (Å²) in [4.78, 5) is 27.6. The highest BCUT2D eigenvalue weighted by atomic mass is 35.5. The monoisotopic (exact) mass is 398 g/mol. The van der Waals surface area contributed by atoms with Crippen LogP contribution in [0.1, 0.15) is 12.5 Å². The second-order valence-corrected chi connectivity index (χ2v) is 6.64. The van der Waals surface area contributed by atoms with Crippen LogP contribution in [-0.2, 0) is 25.6 Å². The topological polar surface area (TPSA) is 59.1 Å². The van der Waals surface area contributed by atoms with Crippen LogP contribution < -0.4 is 0 Å². The van der Waals surface area contributed by atoms with E-state index in [0.29, 0.717) is 43.3 Å². The Bertz CT molecular complexity index is 657. The molecule has 0 bridgehead atoms. The maximum absolute atomic E-state index is 13.9. The fourth-order valence-corrected chi connectivity index (χ4v) is 2.91. The molecule has 1 fully saturated rings. The standard InChI is InChI=1S/C19H24ClFN2O4/c1-3-11-26-14(2)19(25)27-13-18(24)23-9-7-22(8-10-23)12-15-16(20)5-4-6-17(15)21/h3-6,14H,1,7-13H2,2H3. The van der Waals surface area contributed by atoms with E-state index in [-0.39, 0.29) is 24.9 Å². The molecule has 0 N–H and O–H groups in total. The van der Waals surface area contributed by atoms with Gasteiger partial charge in [-0.2, -0.15) is 0 Å². The normalized spacial score (nSPS) is 16.0. The first-order valence-electron chi connectivity index (χ1n) is 8.74. The first-order valence-corrected chi connectivity index (χ1v) is 9.12. The Labute approximate surface area is 163 Å². The molecule has 1 aromatic carbocycles. The van der Waals surface area contributed by atoms with Gasteiger partial charge in [-0.25, -0.2) is 9.18 Å². The summed E-state index contributed by atoms with van der Waals surface area (Å²) in [5, 5.41) is 0.396. The van der Waals surface area contributed by atoms with Crippen LogP contribution in [0, 0.1) is 5.82 Å². The zero-order valence-electron chi connectivity index (χ0n) is 15.3. The second-order valence-electron chi connectivity index (χ2n) is 6.23. The molecule has 0 spiro atoms. The van der Waals surface area contributed by atoms with Crippen LogP contribution in [0.4, 0.5) is 4.39 Å². The number of carbonyl (C=O) groups is 2. The van der Waals surface area contributed by atoms with E-state index in [0.717, 1.165) is 0 Å². The van der Waals surface area contributed by atoms with E-state index in [2.05, 4.69) is 6.58 Å². The van der Waals surface area contributed by atoms with E-state index in [4.69, 9.17) is 21.1 Å². The molecule has 0 aliphatic carbocycles. The van der Waals surface area contributed by atoms with Gasteiger partial charge in [-0.05, 0) is 19.1 Å². The molecule has 6 nitrogen and oxygen atoms in total. The average molecular weight is 399 g/mol. The lowest BCUT2D eigenvalue weighted by atomic mass is 10.2. The lowest BCUT2D eigenvalue weighted by Crippen LogP contribution is -2.49. The lowest BCUT2D eigenvalue weighted by Gasteiger charge is -2.34. The maximum Gasteiger partial charge on any atom is 0.335 e. The SMILES string of the molecule is C=CCOC(C)C(=O)OCC(=O)N1CCN(Cc2c(F)cccc2Cl)CC1. The molecule has 1 aliphatic heterocycles. The molecular weight excluding hydrogens is 375 g/mol. The lowest BCUT2D eigenvalue weighted by molar-refractivity contribution is -0.161. The minimum absolute atomic E-state index is 0.234. The predicted octanol–water partition coefficient (Wildman–Crippen LogP) is 2.26. The van der Waals surface area contributed by atoms with Gasteiger partial charge in [-0.15, -0.1) is 6.58 Å². The molecule has 0 radical (unpaired) electrons. The molecule has 1 heterocycles. The number of carbonyl (C=O) groups excluding carboxylic acids is 2. The molecule has 8 heteroatoms. The van der Waals surface area contributed by atoms with Gasteiger partial charge >= 0.3 is 5.97 Å². The van der Waals surface area contributed by atoms with E-state index in [1.807, 2.05) is 4.90 Å². The molecule has 1 atom stereocenters. The zero-order chi connectivity index (χ0) is 19.8. The van der Waals surface area contributed by atoms with Crippen LogP contribution in [0.5, 0.6) is 0 Å². The number of piperazine rings is 1. The van der Waals surface area contributed by atoms with Gasteiger partial charge in [-0.3, -0.25) is 9.69 Å². The van der Waals surface area contributed by atoms with Gasteiger partial charge in [0, 0.05) is 43.3 Å². The predicted molar refractivity (Wildman–Crippen MR) is 99.8 cm³/mol. The van der Waals surface area contributed by atoms with Gasteiger partial charge in [0.2, 0.25) is 0 Å². The summed E-state index contributed by atoms with van der Waals surface area (Å²) in [6, 6.07) is 4.62. The molecule has 27 heavy (non-hydrogen) atoms. The summed E-state index contributed by atoms with van der Waals surface area (Å²) in [5.41, 5.74) is 0.460. The number of hydrogen-bond donors (Lipinski definition) is 0. The van der Waals surface area contributed by atoms with Gasteiger partial charge in [-0.1, -0.05) is 23.7 Å². The number of benzene rings is 1. The third-order valence-electron chi connectivity index (χ3n) is 4.30. The van der Waals surface area contributed by atoms with Crippen molar-refractivity contribution < 1.29 is 23.5 Å². The minimum atomic E-state index is -0.752. The van der Waals surface area contributed by atoms with E-state index >= 15 is 0 Å². The summed E-state index contributed by atoms with van der Waals surface area (Å²) in [6.07, 6.45) is 0.779. The van der Waals surface area contributed by atoms with E-state index in [1.165, 1.54) is 12.1 Å². The molecule has 148 valence electrons. The second kappa shape index (κ2) is 10.4. The molecular formula is C19H24ClFN2O4. The summed E-state index contributed by atoms with van der Waals surface area (Å²) < 4.78 is 24.0. The Morgan fingerprint density at radius 1 is 1.33 bits per heavy atom. The van der Waals surface area contributed by atoms with Crippen LogP contribution in [0.3, 0.4) is 0 Å². The Hall–Kier alpha value is -1.96. The summed E-state index contributed by atoms with van der Waals surface area (Å²) in [5.74, 6) is -1.18. The quantitative estimate of drug-likeness (QED) is 0.496. The fraction of sp³-hybridized carbons (Fsp3) is 0.474. The van der Waals surface area contributed by atoms with Gasteiger partial charge in [0.1, 0.15) is 5.82 Å². The van der Waals surface area contributed by atoms with Crippen molar-refractivity contribution in [1.29, 1.82) is 0 Å². The summed E-state index contributed by atoms with van der Waals surface area (Å²) >= 11 is 6.06. The van der Waals surface area contributed by atoms with Gasteiger partial charge in [0.15, 0.2) is 12.7 Å². The van der Waals surface area contributed by atoms with Crippen LogP contribution >= 0.6 is 11.6 Å². The third-order valence-corrected chi connectivity index (χ3v) is 4.66. The molecule has 1 aromatic rings. The van der Waals surface area contributed by atoms with Crippen molar-refractivity contribution >= 4 is 23.5 Å². The Kier molecular flexibility index (Phi) is 8.22. The molecule has 1 unspecified atom stereocenters. The first-order chi connectivity index (χ1) is 12.9. The molecule has 2 rings (SSSR count). The van der Waals surface area contributed by atoms with Crippen molar-refractivity contribution in [3.63, 3.8) is 0 Å². The molecule has 0 aromatic heterocycles. The van der Waals surface area contributed by atoms with E-state index in [1.54, 1.807) is 24.0 Å². The zero-order valence-corrected chi connectivity index (χ0v) is 16.1. The van der Waals surface area contributed by atoms with Crippen molar-refractivity contribution in [3.8, 4) is 0 Å². The average Bonchev–Trinajstić information content (AvgIpc) is 2.67. The first kappa shape index (κ1) is 21.3. The number of amides is 1. The van der Waals surface area contributed by atoms with Crippen LogP contribution in [0.25, 0.3) is 0 Å². The van der Waals surface area contributed by atoms with Crippen LogP contribution in [-0.4, -0.2) is 67.2 Å². The summed E-state index contributed by atoms with van der Waals surface area (Å²) in [6.45, 7) is 7.49. The Morgan fingerprint density at radius 2 is 2.04 bits per heavy atom. The molecule has 1 amide bonds. The van der Waals surface area contributed by atoms with Crippen molar-refractivity contribution in [2.45, 2.75) is 19.6 Å². The molecule has 1 saturated heterocycles. The van der Waals surface area contributed by atoms with Crippen molar-refractivity contribution in [2.24, 2.45) is 0 Å². The minimum Gasteiger partial charge on any atom is -0.454 e. The molecule has 0 saturated carbocycles. The van der Waals surface area contributed by atoms with Gasteiger partial charge in [0.25, 0.3) is 5.91 Å². The number of ether oxygens (including phenoxy) is 2. The highest BCUT2D eigenvalue weighted by molar-refractivity contribution is 6.31. The Balaban J connectivity index is 1.75. The highest BCUT2D eigenvalue weighted by Crippen LogP contribution is 2.21. The van der Waals surface area contributed by atoms with Gasteiger partial charge in [0.05, 0.1) is 6.61 Å². The third kappa shape index (κ3) is 6.30. The van der Waals surface area contributed by atoms with Crippen molar-refractivity contribution in [3.05, 3.63) is 47.3 Å². The highest BCUT2D eigenvalue weighted by Gasteiger charge is 2.24. The van der Waals surface area contributed by atoms with Gasteiger partial charge < -0.3 is 14.4 Å².